The summed E-state index contributed by atoms with van der Waals surface area (Å²) in [7, 11) is 0. The second-order valence-corrected chi connectivity index (χ2v) is 7.93. The maximum Gasteiger partial charge on any atom is 0.302 e. The Balaban J connectivity index is 2.30. The maximum absolute atomic E-state index is 11.2. The molecule has 0 amide bonds. The van der Waals surface area contributed by atoms with E-state index < -0.39 is 0 Å². The number of aliphatic hydroxyl groups excluding tert-OH is 1. The van der Waals surface area contributed by atoms with Crippen LogP contribution in [0.15, 0.2) is 0 Å². The van der Waals surface area contributed by atoms with Gasteiger partial charge in [0.1, 0.15) is 0 Å². The van der Waals surface area contributed by atoms with Crippen LogP contribution >= 0.6 is 0 Å². The highest BCUT2D eigenvalue weighted by molar-refractivity contribution is 5.65. The van der Waals surface area contributed by atoms with Crippen molar-refractivity contribution in [3.8, 4) is 0 Å². The van der Waals surface area contributed by atoms with Crippen molar-refractivity contribution < 1.29 is 14.6 Å². The number of ether oxygens (including phenoxy) is 1. The average molecular weight is 282 g/mol. The predicted molar refractivity (Wildman–Crippen MR) is 79.1 cm³/mol. The molecule has 0 bridgehead atoms. The number of carbonyl (C=O) groups excluding carboxylic acids is 1. The summed E-state index contributed by atoms with van der Waals surface area (Å²) in [6, 6.07) is 0. The maximum atomic E-state index is 11.2. The third-order valence-electron chi connectivity index (χ3n) is 6.34. The lowest BCUT2D eigenvalue weighted by atomic mass is 9.46. The predicted octanol–water partition coefficient (Wildman–Crippen LogP) is 3.40. The summed E-state index contributed by atoms with van der Waals surface area (Å²) in [5.41, 5.74) is 0.136. The van der Waals surface area contributed by atoms with Gasteiger partial charge in [0.25, 0.3) is 0 Å². The van der Waals surface area contributed by atoms with Crippen molar-refractivity contribution in [2.75, 3.05) is 6.61 Å². The molecule has 2 rings (SSSR count). The molecule has 0 aliphatic heterocycles. The molecule has 3 nitrogen and oxygen atoms in total. The number of fused-ring (bicyclic) bond motifs is 1. The summed E-state index contributed by atoms with van der Waals surface area (Å²) in [4.78, 5) is 11.2. The molecular weight excluding hydrogens is 252 g/mol. The van der Waals surface area contributed by atoms with Gasteiger partial charge in [-0.3, -0.25) is 4.79 Å². The van der Waals surface area contributed by atoms with Crippen molar-refractivity contribution in [2.45, 2.75) is 66.4 Å². The zero-order valence-electron chi connectivity index (χ0n) is 13.6. The van der Waals surface area contributed by atoms with Gasteiger partial charge in [0.05, 0.1) is 12.7 Å². The number of hydrogen-bond acceptors (Lipinski definition) is 3. The molecule has 0 aromatic heterocycles. The molecule has 2 fully saturated rings. The van der Waals surface area contributed by atoms with E-state index in [1.807, 2.05) is 0 Å². The zero-order valence-corrected chi connectivity index (χ0v) is 13.6. The lowest BCUT2D eigenvalue weighted by Crippen LogP contribution is -2.58. The lowest BCUT2D eigenvalue weighted by Gasteiger charge is -2.60. The molecule has 0 aromatic rings. The van der Waals surface area contributed by atoms with E-state index in [0.717, 1.165) is 12.8 Å². The molecule has 5 atom stereocenters. The SMILES string of the molecule is CC(=O)OC[C@H]1[C@@H](C)CC[C@H]2C(C)(C)CCC(O)[C@]12C. The van der Waals surface area contributed by atoms with Gasteiger partial charge in [-0.05, 0) is 42.9 Å². The summed E-state index contributed by atoms with van der Waals surface area (Å²) >= 11 is 0. The number of rotatable bonds is 2. The minimum absolute atomic E-state index is 0.130. The van der Waals surface area contributed by atoms with Crippen molar-refractivity contribution in [1.29, 1.82) is 0 Å². The molecule has 2 aliphatic carbocycles. The van der Waals surface area contributed by atoms with Crippen LogP contribution in [0, 0.1) is 28.6 Å². The molecule has 1 N–H and O–H groups in total. The Hall–Kier alpha value is -0.570. The Kier molecular flexibility index (Phi) is 4.21. The van der Waals surface area contributed by atoms with E-state index in [-0.39, 0.29) is 28.8 Å². The van der Waals surface area contributed by atoms with Gasteiger partial charge in [0.15, 0.2) is 0 Å². The Morgan fingerprint density at radius 1 is 1.25 bits per heavy atom. The molecular formula is C17H30O3. The fourth-order valence-electron chi connectivity index (χ4n) is 5.07. The first kappa shape index (κ1) is 15.8. The van der Waals surface area contributed by atoms with Crippen LogP contribution in [0.3, 0.4) is 0 Å². The lowest BCUT2D eigenvalue weighted by molar-refractivity contribution is -0.182. The van der Waals surface area contributed by atoms with Gasteiger partial charge in [-0.15, -0.1) is 0 Å². The second-order valence-electron chi connectivity index (χ2n) is 7.93. The number of hydrogen-bond donors (Lipinski definition) is 1. The highest BCUT2D eigenvalue weighted by atomic mass is 16.5. The standard InChI is InChI=1S/C17H30O3/c1-11-6-7-14-16(3,4)9-8-15(19)17(14,5)13(11)10-20-12(2)18/h11,13-15,19H,6-10H2,1-5H3/t11-,13-,14-,15?,17+/m0/s1. The first-order chi connectivity index (χ1) is 9.19. The monoisotopic (exact) mass is 282 g/mol. The van der Waals surface area contributed by atoms with Crippen LogP contribution in [0.1, 0.15) is 60.3 Å². The summed E-state index contributed by atoms with van der Waals surface area (Å²) in [5, 5.41) is 10.7. The highest BCUT2D eigenvalue weighted by Gasteiger charge is 2.58. The first-order valence-electron chi connectivity index (χ1n) is 8.01. The zero-order chi connectivity index (χ0) is 15.1. The Bertz CT molecular complexity index is 376. The average Bonchev–Trinajstić information content (AvgIpc) is 2.33. The molecule has 2 saturated carbocycles. The molecule has 0 spiro atoms. The minimum Gasteiger partial charge on any atom is -0.466 e. The number of carbonyl (C=O) groups is 1. The van der Waals surface area contributed by atoms with Gasteiger partial charge in [-0.25, -0.2) is 0 Å². The Morgan fingerprint density at radius 2 is 1.90 bits per heavy atom. The largest absolute Gasteiger partial charge is 0.466 e. The van der Waals surface area contributed by atoms with E-state index in [4.69, 9.17) is 4.74 Å². The van der Waals surface area contributed by atoms with E-state index in [0.29, 0.717) is 18.4 Å². The van der Waals surface area contributed by atoms with Crippen LogP contribution in [0.5, 0.6) is 0 Å². The van der Waals surface area contributed by atoms with Crippen LogP contribution in [0.2, 0.25) is 0 Å². The van der Waals surface area contributed by atoms with Crippen molar-refractivity contribution >= 4 is 5.97 Å². The highest BCUT2D eigenvalue weighted by Crippen LogP contribution is 2.61. The molecule has 20 heavy (non-hydrogen) atoms. The fourth-order valence-corrected chi connectivity index (χ4v) is 5.07. The molecule has 116 valence electrons. The van der Waals surface area contributed by atoms with Crippen molar-refractivity contribution in [2.24, 2.45) is 28.6 Å². The smallest absolute Gasteiger partial charge is 0.302 e. The minimum atomic E-state index is -0.274. The summed E-state index contributed by atoms with van der Waals surface area (Å²) < 4.78 is 5.33. The van der Waals surface area contributed by atoms with Gasteiger partial charge in [0, 0.05) is 18.3 Å². The number of aliphatic hydroxyl groups is 1. The Morgan fingerprint density at radius 3 is 2.50 bits per heavy atom. The Labute approximate surface area is 123 Å². The van der Waals surface area contributed by atoms with E-state index in [2.05, 4.69) is 27.7 Å². The van der Waals surface area contributed by atoms with E-state index in [9.17, 15) is 9.90 Å². The molecule has 0 saturated heterocycles. The van der Waals surface area contributed by atoms with Gasteiger partial charge in [-0.1, -0.05) is 27.7 Å². The van der Waals surface area contributed by atoms with Gasteiger partial charge in [0.2, 0.25) is 0 Å². The van der Waals surface area contributed by atoms with Crippen LogP contribution in [0.4, 0.5) is 0 Å². The van der Waals surface area contributed by atoms with Gasteiger partial charge in [-0.2, -0.15) is 0 Å². The third kappa shape index (κ3) is 2.49. The van der Waals surface area contributed by atoms with Crippen LogP contribution in [-0.4, -0.2) is 23.8 Å². The van der Waals surface area contributed by atoms with Crippen LogP contribution in [0.25, 0.3) is 0 Å². The fraction of sp³-hybridized carbons (Fsp3) is 0.941. The van der Waals surface area contributed by atoms with Crippen molar-refractivity contribution in [1.82, 2.24) is 0 Å². The first-order valence-corrected chi connectivity index (χ1v) is 8.01. The quantitative estimate of drug-likeness (QED) is 0.790. The molecule has 0 heterocycles. The van der Waals surface area contributed by atoms with Crippen molar-refractivity contribution in [3.05, 3.63) is 0 Å². The second kappa shape index (κ2) is 5.32. The van der Waals surface area contributed by atoms with E-state index in [1.165, 1.54) is 19.8 Å². The number of esters is 1. The van der Waals surface area contributed by atoms with Crippen LogP contribution < -0.4 is 0 Å². The molecule has 2 aliphatic rings. The summed E-state index contributed by atoms with van der Waals surface area (Å²) in [6.07, 6.45) is 4.02. The normalized spacial score (nSPS) is 43.7. The van der Waals surface area contributed by atoms with Crippen molar-refractivity contribution in [3.63, 3.8) is 0 Å². The molecule has 3 heteroatoms. The van der Waals surface area contributed by atoms with Gasteiger partial charge < -0.3 is 9.84 Å². The molecule has 1 unspecified atom stereocenters. The summed E-state index contributed by atoms with van der Waals surface area (Å²) in [5.74, 6) is 1.06. The molecule has 0 radical (unpaired) electrons. The van der Waals surface area contributed by atoms with Crippen LogP contribution in [-0.2, 0) is 9.53 Å². The van der Waals surface area contributed by atoms with E-state index >= 15 is 0 Å². The topological polar surface area (TPSA) is 46.5 Å². The molecule has 0 aromatic carbocycles. The summed E-state index contributed by atoms with van der Waals surface area (Å²) in [6.45, 7) is 11.1. The van der Waals surface area contributed by atoms with Gasteiger partial charge >= 0.3 is 5.97 Å². The third-order valence-corrected chi connectivity index (χ3v) is 6.34. The van der Waals surface area contributed by atoms with E-state index in [1.54, 1.807) is 0 Å².